The van der Waals surface area contributed by atoms with Crippen molar-refractivity contribution in [3.05, 3.63) is 47.7 Å². The van der Waals surface area contributed by atoms with Crippen LogP contribution in [0.2, 0.25) is 0 Å². The Morgan fingerprint density at radius 3 is 2.72 bits per heavy atom. The number of aryl methyl sites for hydroxylation is 1. The van der Waals surface area contributed by atoms with Crippen molar-refractivity contribution in [1.29, 1.82) is 0 Å². The number of pyridine rings is 1. The Balaban J connectivity index is 2.24. The number of rotatable bonds is 3. The molecule has 2 N–H and O–H groups in total. The zero-order chi connectivity index (χ0) is 13.1. The number of anilines is 1. The molecule has 0 atom stereocenters. The number of amides is 1. The third-order valence-corrected chi connectivity index (χ3v) is 2.22. The zero-order valence-corrected chi connectivity index (χ0v) is 9.51. The topological polar surface area (TPSA) is 92.4 Å². The summed E-state index contributed by atoms with van der Waals surface area (Å²) in [6.45, 7) is 1.71. The van der Waals surface area contributed by atoms with Gasteiger partial charge in [0, 0.05) is 6.20 Å². The van der Waals surface area contributed by atoms with E-state index in [2.05, 4.69) is 10.3 Å². The van der Waals surface area contributed by atoms with Gasteiger partial charge in [-0.25, -0.2) is 9.78 Å². The van der Waals surface area contributed by atoms with Gasteiger partial charge in [0.15, 0.2) is 11.5 Å². The van der Waals surface area contributed by atoms with E-state index in [4.69, 9.17) is 9.52 Å². The number of aromatic nitrogens is 1. The highest BCUT2D eigenvalue weighted by molar-refractivity contribution is 6.05. The molecule has 0 radical (unpaired) electrons. The number of aromatic carboxylic acids is 1. The molecule has 6 heteroatoms. The van der Waals surface area contributed by atoms with E-state index in [9.17, 15) is 9.59 Å². The van der Waals surface area contributed by atoms with Gasteiger partial charge >= 0.3 is 5.97 Å². The lowest BCUT2D eigenvalue weighted by molar-refractivity contribution is 0.0691. The summed E-state index contributed by atoms with van der Waals surface area (Å²) in [7, 11) is 0. The standard InChI is InChI=1S/C12H10N2O4/c1-7-4-5-9(18-7)11(15)14-8-3-2-6-13-10(8)12(16)17/h2-6H,1H3,(H,14,15)(H,16,17). The molecule has 0 spiro atoms. The SMILES string of the molecule is Cc1ccc(C(=O)Nc2cccnc2C(=O)O)o1. The summed E-state index contributed by atoms with van der Waals surface area (Å²) in [5.41, 5.74) is -0.0850. The van der Waals surface area contributed by atoms with E-state index in [1.165, 1.54) is 24.4 Å². The van der Waals surface area contributed by atoms with Gasteiger partial charge in [-0.2, -0.15) is 0 Å². The number of nitrogens with one attached hydrogen (secondary N) is 1. The van der Waals surface area contributed by atoms with Crippen LogP contribution in [0.1, 0.15) is 26.8 Å². The van der Waals surface area contributed by atoms with Crippen LogP contribution in [0.3, 0.4) is 0 Å². The summed E-state index contributed by atoms with van der Waals surface area (Å²) in [6, 6.07) is 6.16. The van der Waals surface area contributed by atoms with Gasteiger partial charge in [0.1, 0.15) is 5.76 Å². The minimum Gasteiger partial charge on any atom is -0.476 e. The van der Waals surface area contributed by atoms with E-state index >= 15 is 0 Å². The van der Waals surface area contributed by atoms with Gasteiger partial charge in [-0.1, -0.05) is 0 Å². The van der Waals surface area contributed by atoms with Crippen LogP contribution in [0, 0.1) is 6.92 Å². The second-order valence-electron chi connectivity index (χ2n) is 3.57. The molecular weight excluding hydrogens is 236 g/mol. The van der Waals surface area contributed by atoms with Gasteiger partial charge in [0.25, 0.3) is 5.91 Å². The predicted octanol–water partition coefficient (Wildman–Crippen LogP) is 1.93. The van der Waals surface area contributed by atoms with Crippen LogP contribution in [0.5, 0.6) is 0 Å². The molecule has 92 valence electrons. The molecule has 2 rings (SSSR count). The maximum Gasteiger partial charge on any atom is 0.356 e. The summed E-state index contributed by atoms with van der Waals surface area (Å²) < 4.78 is 5.14. The average Bonchev–Trinajstić information content (AvgIpc) is 2.76. The fourth-order valence-electron chi connectivity index (χ4n) is 1.42. The highest BCUT2D eigenvalue weighted by Crippen LogP contribution is 2.14. The highest BCUT2D eigenvalue weighted by Gasteiger charge is 2.16. The second kappa shape index (κ2) is 4.70. The van der Waals surface area contributed by atoms with Crippen molar-refractivity contribution in [3.8, 4) is 0 Å². The number of hydrogen-bond acceptors (Lipinski definition) is 4. The molecule has 0 saturated heterocycles. The molecule has 2 aromatic rings. The van der Waals surface area contributed by atoms with Crippen LogP contribution in [-0.4, -0.2) is 22.0 Å². The van der Waals surface area contributed by atoms with E-state index in [1.54, 1.807) is 13.0 Å². The van der Waals surface area contributed by atoms with E-state index in [0.717, 1.165) is 0 Å². The second-order valence-corrected chi connectivity index (χ2v) is 3.57. The van der Waals surface area contributed by atoms with Crippen LogP contribution in [0.4, 0.5) is 5.69 Å². The number of carbonyl (C=O) groups excluding carboxylic acids is 1. The maximum absolute atomic E-state index is 11.8. The molecule has 0 aliphatic carbocycles. The summed E-state index contributed by atoms with van der Waals surface area (Å²) in [6.07, 6.45) is 1.34. The van der Waals surface area contributed by atoms with Crippen molar-refractivity contribution < 1.29 is 19.1 Å². The van der Waals surface area contributed by atoms with Gasteiger partial charge in [-0.15, -0.1) is 0 Å². The number of carboxylic acid groups (broad SMARTS) is 1. The fourth-order valence-corrected chi connectivity index (χ4v) is 1.42. The van der Waals surface area contributed by atoms with Crippen molar-refractivity contribution in [1.82, 2.24) is 4.98 Å². The Morgan fingerprint density at radius 1 is 1.33 bits per heavy atom. The molecule has 0 aliphatic heterocycles. The highest BCUT2D eigenvalue weighted by atomic mass is 16.4. The number of carboxylic acids is 1. The Labute approximate surface area is 102 Å². The van der Waals surface area contributed by atoms with Crippen LogP contribution in [-0.2, 0) is 0 Å². The lowest BCUT2D eigenvalue weighted by Crippen LogP contribution is -2.15. The third kappa shape index (κ3) is 2.37. The first kappa shape index (κ1) is 11.8. The number of hydrogen-bond donors (Lipinski definition) is 2. The van der Waals surface area contributed by atoms with Gasteiger partial charge in [-0.05, 0) is 31.2 Å². The molecule has 18 heavy (non-hydrogen) atoms. The molecule has 0 fully saturated rings. The smallest absolute Gasteiger partial charge is 0.356 e. The van der Waals surface area contributed by atoms with Crippen molar-refractivity contribution in [3.63, 3.8) is 0 Å². The van der Waals surface area contributed by atoms with Crippen molar-refractivity contribution >= 4 is 17.6 Å². The average molecular weight is 246 g/mol. The minimum atomic E-state index is -1.21. The molecule has 0 bridgehead atoms. The van der Waals surface area contributed by atoms with Gasteiger partial charge in [0.05, 0.1) is 5.69 Å². The summed E-state index contributed by atoms with van der Waals surface area (Å²) >= 11 is 0. The van der Waals surface area contributed by atoms with Gasteiger partial charge < -0.3 is 14.8 Å². The van der Waals surface area contributed by atoms with Gasteiger partial charge in [0.2, 0.25) is 0 Å². The molecule has 1 amide bonds. The number of nitrogens with zero attached hydrogens (tertiary/aromatic N) is 1. The number of carbonyl (C=O) groups is 2. The normalized spacial score (nSPS) is 10.1. The summed E-state index contributed by atoms with van der Waals surface area (Å²) in [5.74, 6) is -1.00. The van der Waals surface area contributed by atoms with Crippen molar-refractivity contribution in [2.75, 3.05) is 5.32 Å². The van der Waals surface area contributed by atoms with E-state index in [1.807, 2.05) is 0 Å². The fraction of sp³-hybridized carbons (Fsp3) is 0.0833. The summed E-state index contributed by atoms with van der Waals surface area (Å²) in [5, 5.41) is 11.4. The summed E-state index contributed by atoms with van der Waals surface area (Å²) in [4.78, 5) is 26.4. The monoisotopic (exact) mass is 246 g/mol. The minimum absolute atomic E-state index is 0.118. The third-order valence-electron chi connectivity index (χ3n) is 2.22. The van der Waals surface area contributed by atoms with Gasteiger partial charge in [-0.3, -0.25) is 4.79 Å². The zero-order valence-electron chi connectivity index (χ0n) is 9.51. The molecule has 0 unspecified atom stereocenters. The lowest BCUT2D eigenvalue weighted by Gasteiger charge is -2.05. The molecule has 0 aliphatic rings. The Kier molecular flexibility index (Phi) is 3.09. The lowest BCUT2D eigenvalue weighted by atomic mass is 10.3. The van der Waals surface area contributed by atoms with E-state index in [0.29, 0.717) is 5.76 Å². The molecule has 6 nitrogen and oxygen atoms in total. The molecule has 0 aromatic carbocycles. The van der Waals surface area contributed by atoms with Crippen molar-refractivity contribution in [2.24, 2.45) is 0 Å². The molecular formula is C12H10N2O4. The maximum atomic E-state index is 11.8. The van der Waals surface area contributed by atoms with E-state index in [-0.39, 0.29) is 17.1 Å². The van der Waals surface area contributed by atoms with Crippen molar-refractivity contribution in [2.45, 2.75) is 6.92 Å². The van der Waals surface area contributed by atoms with Crippen LogP contribution in [0.25, 0.3) is 0 Å². The predicted molar refractivity (Wildman–Crippen MR) is 62.6 cm³/mol. The first-order valence-electron chi connectivity index (χ1n) is 5.14. The Hall–Kier alpha value is -2.63. The van der Waals surface area contributed by atoms with E-state index < -0.39 is 11.9 Å². The van der Waals surface area contributed by atoms with Crippen LogP contribution in [0.15, 0.2) is 34.9 Å². The molecule has 0 saturated carbocycles. The largest absolute Gasteiger partial charge is 0.476 e. The molecule has 2 heterocycles. The molecule has 2 aromatic heterocycles. The Morgan fingerprint density at radius 2 is 2.11 bits per heavy atom. The van der Waals surface area contributed by atoms with Crippen LogP contribution >= 0.6 is 0 Å². The first-order valence-corrected chi connectivity index (χ1v) is 5.14. The van der Waals surface area contributed by atoms with Crippen LogP contribution < -0.4 is 5.32 Å². The Bertz CT molecular complexity index is 604. The first-order chi connectivity index (χ1) is 8.58. The number of furan rings is 1. The quantitative estimate of drug-likeness (QED) is 0.863.